The lowest BCUT2D eigenvalue weighted by Crippen LogP contribution is -2.18. The molecule has 7 heteroatoms. The number of aromatic nitrogens is 1. The van der Waals surface area contributed by atoms with Crippen LogP contribution in [-0.2, 0) is 6.54 Å². The Balaban J connectivity index is 0.00000162. The number of halogens is 3. The van der Waals surface area contributed by atoms with Gasteiger partial charge in [-0.05, 0) is 18.2 Å². The average molecular weight is 368 g/mol. The van der Waals surface area contributed by atoms with E-state index in [0.717, 1.165) is 0 Å². The van der Waals surface area contributed by atoms with Gasteiger partial charge in [0, 0.05) is 17.1 Å². The Morgan fingerprint density at radius 3 is 2.61 bits per heavy atom. The van der Waals surface area contributed by atoms with Crippen LogP contribution in [0.15, 0.2) is 29.8 Å². The first-order valence-electron chi connectivity index (χ1n) is 4.74. The molecule has 0 aliphatic heterocycles. The van der Waals surface area contributed by atoms with Crippen LogP contribution in [0.4, 0.5) is 0 Å². The summed E-state index contributed by atoms with van der Waals surface area (Å²) in [4.78, 5) is 12.3. The zero-order valence-electron chi connectivity index (χ0n) is 9.02. The smallest absolute Gasteiger partial charge is 0.182 e. The first-order valence-corrected chi connectivity index (χ1v) is 6.38. The van der Waals surface area contributed by atoms with Crippen molar-refractivity contribution in [3.8, 4) is 0 Å². The van der Waals surface area contributed by atoms with Crippen LogP contribution in [0.25, 0.3) is 0 Å². The van der Waals surface area contributed by atoms with Crippen LogP contribution < -0.4 is 4.80 Å². The van der Waals surface area contributed by atoms with Crippen molar-refractivity contribution in [2.24, 2.45) is 0 Å². The summed E-state index contributed by atoms with van der Waals surface area (Å²) in [5.41, 5.74) is 0.498. The SMILES string of the molecule is Br.N=c1sccn1CC(=O)c1ccc(Cl)c(Cl)c1. The Kier molecular flexibility index (Phi) is 5.59. The summed E-state index contributed by atoms with van der Waals surface area (Å²) in [6.45, 7) is 0.139. The quantitative estimate of drug-likeness (QED) is 0.824. The van der Waals surface area contributed by atoms with Crippen LogP contribution in [-0.4, -0.2) is 10.4 Å². The zero-order valence-corrected chi connectivity index (χ0v) is 13.1. The van der Waals surface area contributed by atoms with Crippen LogP contribution in [0, 0.1) is 5.41 Å². The van der Waals surface area contributed by atoms with E-state index in [-0.39, 0.29) is 29.3 Å². The average Bonchev–Trinajstić information content (AvgIpc) is 2.68. The number of rotatable bonds is 3. The van der Waals surface area contributed by atoms with Crippen molar-refractivity contribution in [1.29, 1.82) is 5.41 Å². The van der Waals surface area contributed by atoms with Gasteiger partial charge in [-0.3, -0.25) is 10.2 Å². The van der Waals surface area contributed by atoms with Crippen molar-refractivity contribution in [1.82, 2.24) is 4.57 Å². The molecular formula is C11H9BrCl2N2OS. The number of nitrogens with zero attached hydrogens (tertiary/aromatic N) is 1. The van der Waals surface area contributed by atoms with Crippen LogP contribution >= 0.6 is 51.5 Å². The summed E-state index contributed by atoms with van der Waals surface area (Å²) < 4.78 is 1.58. The van der Waals surface area contributed by atoms with Gasteiger partial charge in [0.25, 0.3) is 0 Å². The highest BCUT2D eigenvalue weighted by atomic mass is 79.9. The van der Waals surface area contributed by atoms with Crippen molar-refractivity contribution < 1.29 is 4.79 Å². The molecule has 0 atom stereocenters. The summed E-state index contributed by atoms with van der Waals surface area (Å²) in [5, 5.41) is 10.1. The second kappa shape index (κ2) is 6.52. The molecule has 2 aromatic rings. The highest BCUT2D eigenvalue weighted by molar-refractivity contribution is 8.93. The van der Waals surface area contributed by atoms with E-state index in [9.17, 15) is 4.79 Å². The molecule has 1 heterocycles. The van der Waals surface area contributed by atoms with Gasteiger partial charge >= 0.3 is 0 Å². The molecule has 1 aromatic carbocycles. The third kappa shape index (κ3) is 3.45. The third-order valence-corrected chi connectivity index (χ3v) is 3.69. The molecule has 1 aromatic heterocycles. The van der Waals surface area contributed by atoms with E-state index in [4.69, 9.17) is 28.6 Å². The van der Waals surface area contributed by atoms with E-state index in [2.05, 4.69) is 0 Å². The fourth-order valence-corrected chi connectivity index (χ4v) is 2.24. The van der Waals surface area contributed by atoms with Gasteiger partial charge in [0.15, 0.2) is 10.6 Å². The largest absolute Gasteiger partial charge is 0.316 e. The number of nitrogens with one attached hydrogen (secondary N) is 1. The van der Waals surface area contributed by atoms with Crippen LogP contribution in [0.5, 0.6) is 0 Å². The number of carbonyl (C=O) groups excluding carboxylic acids is 1. The Morgan fingerprint density at radius 1 is 1.33 bits per heavy atom. The Labute approximate surface area is 128 Å². The van der Waals surface area contributed by atoms with Gasteiger partial charge in [0.05, 0.1) is 16.6 Å². The lowest BCUT2D eigenvalue weighted by Gasteiger charge is -2.03. The van der Waals surface area contributed by atoms with E-state index >= 15 is 0 Å². The number of ketones is 1. The lowest BCUT2D eigenvalue weighted by molar-refractivity contribution is 0.0971. The minimum Gasteiger partial charge on any atom is -0.316 e. The van der Waals surface area contributed by atoms with Gasteiger partial charge in [-0.15, -0.1) is 28.3 Å². The number of hydrogen-bond donors (Lipinski definition) is 1. The molecule has 0 bridgehead atoms. The molecule has 0 fully saturated rings. The van der Waals surface area contributed by atoms with Gasteiger partial charge in [-0.25, -0.2) is 0 Å². The van der Waals surface area contributed by atoms with Gasteiger partial charge in [-0.2, -0.15) is 0 Å². The van der Waals surface area contributed by atoms with Crippen LogP contribution in [0.1, 0.15) is 10.4 Å². The minimum atomic E-state index is -0.0968. The van der Waals surface area contributed by atoms with E-state index in [1.165, 1.54) is 11.3 Å². The second-order valence-corrected chi connectivity index (χ2v) is 5.10. The van der Waals surface area contributed by atoms with Gasteiger partial charge < -0.3 is 4.57 Å². The number of thiazole rings is 1. The molecule has 0 saturated carbocycles. The maximum absolute atomic E-state index is 11.9. The second-order valence-electron chi connectivity index (χ2n) is 3.39. The Bertz CT molecular complexity index is 624. The van der Waals surface area contributed by atoms with Crippen molar-refractivity contribution in [2.45, 2.75) is 6.54 Å². The monoisotopic (exact) mass is 366 g/mol. The summed E-state index contributed by atoms with van der Waals surface area (Å²) >= 11 is 12.9. The van der Waals surface area contributed by atoms with Gasteiger partial charge in [0.2, 0.25) is 0 Å². The highest BCUT2D eigenvalue weighted by Crippen LogP contribution is 2.22. The topological polar surface area (TPSA) is 45.9 Å². The third-order valence-electron chi connectivity index (χ3n) is 2.24. The molecule has 0 aliphatic rings. The Morgan fingerprint density at radius 2 is 2.06 bits per heavy atom. The molecule has 1 N–H and O–H groups in total. The number of hydrogen-bond acceptors (Lipinski definition) is 3. The van der Waals surface area contributed by atoms with Crippen molar-refractivity contribution in [2.75, 3.05) is 0 Å². The molecule has 2 rings (SSSR count). The van der Waals surface area contributed by atoms with Gasteiger partial charge in [0.1, 0.15) is 0 Å². The minimum absolute atomic E-state index is 0. The van der Waals surface area contributed by atoms with Crippen molar-refractivity contribution in [3.05, 3.63) is 50.2 Å². The van der Waals surface area contributed by atoms with Crippen LogP contribution in [0.3, 0.4) is 0 Å². The van der Waals surface area contributed by atoms with Crippen molar-refractivity contribution >= 4 is 57.3 Å². The van der Waals surface area contributed by atoms with E-state index < -0.39 is 0 Å². The summed E-state index contributed by atoms with van der Waals surface area (Å²) in [7, 11) is 0. The molecule has 0 amide bonds. The van der Waals surface area contributed by atoms with E-state index in [1.807, 2.05) is 0 Å². The molecule has 0 unspecified atom stereocenters. The van der Waals surface area contributed by atoms with E-state index in [1.54, 1.807) is 34.3 Å². The maximum atomic E-state index is 11.9. The molecule has 3 nitrogen and oxygen atoms in total. The Hall–Kier alpha value is -0.620. The predicted octanol–water partition coefficient (Wildman–Crippen LogP) is 3.80. The summed E-state index contributed by atoms with van der Waals surface area (Å²) in [6.07, 6.45) is 1.71. The lowest BCUT2D eigenvalue weighted by atomic mass is 10.1. The van der Waals surface area contributed by atoms with Crippen molar-refractivity contribution in [3.63, 3.8) is 0 Å². The summed E-state index contributed by atoms with van der Waals surface area (Å²) in [5.74, 6) is -0.0968. The fraction of sp³-hybridized carbons (Fsp3) is 0.0909. The van der Waals surface area contributed by atoms with Gasteiger partial charge in [-0.1, -0.05) is 23.2 Å². The standard InChI is InChI=1S/C11H8Cl2N2OS.BrH/c12-8-2-1-7(5-9(8)13)10(16)6-15-3-4-17-11(15)14;/h1-5,14H,6H2;1H. The van der Waals surface area contributed by atoms with Crippen LogP contribution in [0.2, 0.25) is 10.0 Å². The number of Topliss-reactive ketones (excluding diaryl/α,β-unsaturated/α-hetero) is 1. The first-order chi connectivity index (χ1) is 8.08. The number of benzene rings is 1. The zero-order chi connectivity index (χ0) is 12.4. The molecule has 0 radical (unpaired) electrons. The molecule has 0 spiro atoms. The molecule has 96 valence electrons. The molecule has 18 heavy (non-hydrogen) atoms. The normalized spacial score (nSPS) is 9.89. The summed E-state index contributed by atoms with van der Waals surface area (Å²) in [6, 6.07) is 4.77. The highest BCUT2D eigenvalue weighted by Gasteiger charge is 2.09. The first kappa shape index (κ1) is 15.4. The fourth-order valence-electron chi connectivity index (χ4n) is 1.34. The molecule has 0 aliphatic carbocycles. The maximum Gasteiger partial charge on any atom is 0.182 e. The predicted molar refractivity (Wildman–Crippen MR) is 79.3 cm³/mol. The molecule has 0 saturated heterocycles. The molecular weight excluding hydrogens is 359 g/mol. The van der Waals surface area contributed by atoms with E-state index in [0.29, 0.717) is 20.4 Å². The number of carbonyl (C=O) groups is 1.